The summed E-state index contributed by atoms with van der Waals surface area (Å²) in [6.45, 7) is 10.4. The van der Waals surface area contributed by atoms with Crippen molar-refractivity contribution in [2.75, 3.05) is 5.32 Å². The van der Waals surface area contributed by atoms with Crippen molar-refractivity contribution < 1.29 is 4.39 Å². The SMILES string of the molecule is C=C(/C=c1/c(-c2nc3c(-c4ccc(F)s4)cccc3[nH]2)n[nH]/c1=C/C)c1cncc(NC(=C)c2ccccc2)c1. The fourth-order valence-corrected chi connectivity index (χ4v) is 5.30. The van der Waals surface area contributed by atoms with Crippen molar-refractivity contribution in [2.24, 2.45) is 0 Å². The maximum absolute atomic E-state index is 13.8. The van der Waals surface area contributed by atoms with Crippen molar-refractivity contribution in [1.29, 1.82) is 0 Å². The fourth-order valence-electron chi connectivity index (χ4n) is 4.54. The zero-order valence-corrected chi connectivity index (χ0v) is 22.5. The summed E-state index contributed by atoms with van der Waals surface area (Å²) in [5.74, 6) is 0.607. The number of thiophene rings is 1. The molecule has 40 heavy (non-hydrogen) atoms. The molecular weight excluding hydrogens is 519 g/mol. The summed E-state index contributed by atoms with van der Waals surface area (Å²) in [5.41, 5.74) is 7.35. The van der Waals surface area contributed by atoms with Crippen LogP contribution in [0, 0.1) is 5.13 Å². The standard InChI is InChI=1S/C32H25FN6S/c1-4-26-25(15-19(2)22-16-23(18-34-17-22)35-20(3)21-9-6-5-7-10-21)31(39-38-26)32-36-27-12-8-11-24(30(27)37-32)28-13-14-29(33)40-28/h4-18,35,38H,2-3H2,1H3,(H,36,37)/b25-15+,26-4+. The second-order valence-corrected chi connectivity index (χ2v) is 10.2. The van der Waals surface area contributed by atoms with Crippen LogP contribution < -0.4 is 15.9 Å². The van der Waals surface area contributed by atoms with E-state index in [1.807, 2.05) is 73.7 Å². The van der Waals surface area contributed by atoms with Gasteiger partial charge in [-0.3, -0.25) is 10.1 Å². The number of halogens is 1. The predicted molar refractivity (Wildman–Crippen MR) is 163 cm³/mol. The van der Waals surface area contributed by atoms with Gasteiger partial charge in [0.05, 0.1) is 28.3 Å². The van der Waals surface area contributed by atoms with Gasteiger partial charge in [-0.05, 0) is 48.4 Å². The summed E-state index contributed by atoms with van der Waals surface area (Å²) in [4.78, 5) is 13.5. The third-order valence-electron chi connectivity index (χ3n) is 6.54. The number of nitrogens with one attached hydrogen (secondary N) is 3. The average Bonchev–Trinajstić information content (AvgIpc) is 3.71. The predicted octanol–water partition coefficient (Wildman–Crippen LogP) is 6.59. The van der Waals surface area contributed by atoms with Crippen LogP contribution in [0.5, 0.6) is 0 Å². The van der Waals surface area contributed by atoms with Crippen molar-refractivity contribution in [1.82, 2.24) is 25.1 Å². The van der Waals surface area contributed by atoms with Crippen LogP contribution in [0.2, 0.25) is 0 Å². The molecule has 0 amide bonds. The maximum Gasteiger partial charge on any atom is 0.176 e. The molecule has 0 bridgehead atoms. The van der Waals surface area contributed by atoms with E-state index in [0.717, 1.165) is 71.5 Å². The molecule has 0 unspecified atom stereocenters. The molecule has 0 saturated heterocycles. The fraction of sp³-hybridized carbons (Fsp3) is 0.0312. The van der Waals surface area contributed by atoms with E-state index in [4.69, 9.17) is 4.98 Å². The van der Waals surface area contributed by atoms with Crippen molar-refractivity contribution >= 4 is 51.5 Å². The highest BCUT2D eigenvalue weighted by molar-refractivity contribution is 7.14. The van der Waals surface area contributed by atoms with E-state index in [1.54, 1.807) is 18.5 Å². The topological polar surface area (TPSA) is 82.3 Å². The molecule has 0 spiro atoms. The lowest BCUT2D eigenvalue weighted by Crippen LogP contribution is -2.23. The zero-order valence-electron chi connectivity index (χ0n) is 21.7. The van der Waals surface area contributed by atoms with E-state index in [2.05, 4.69) is 38.6 Å². The van der Waals surface area contributed by atoms with E-state index in [0.29, 0.717) is 11.5 Å². The van der Waals surface area contributed by atoms with Gasteiger partial charge in [0.2, 0.25) is 0 Å². The normalized spacial score (nSPS) is 12.2. The van der Waals surface area contributed by atoms with Crippen LogP contribution in [0.25, 0.3) is 56.4 Å². The van der Waals surface area contributed by atoms with Gasteiger partial charge in [-0.15, -0.1) is 11.3 Å². The first kappa shape index (κ1) is 25.2. The van der Waals surface area contributed by atoms with Gasteiger partial charge < -0.3 is 10.3 Å². The first-order valence-corrected chi connectivity index (χ1v) is 13.4. The van der Waals surface area contributed by atoms with Crippen molar-refractivity contribution in [3.63, 3.8) is 0 Å². The minimum atomic E-state index is -0.230. The average molecular weight is 545 g/mol. The van der Waals surface area contributed by atoms with Crippen molar-refractivity contribution in [3.05, 3.63) is 119 Å². The van der Waals surface area contributed by atoms with Crippen molar-refractivity contribution in [2.45, 2.75) is 6.92 Å². The molecule has 6 nitrogen and oxygen atoms in total. The number of H-pyrrole nitrogens is 2. The number of nitrogens with zero attached hydrogens (tertiary/aromatic N) is 3. The molecule has 0 aliphatic carbocycles. The minimum absolute atomic E-state index is 0.230. The molecule has 0 aliphatic rings. The number of allylic oxidation sites excluding steroid dienone is 1. The number of hydrogen-bond donors (Lipinski definition) is 3. The second-order valence-electron chi connectivity index (χ2n) is 9.18. The quantitative estimate of drug-likeness (QED) is 0.212. The van der Waals surface area contributed by atoms with Gasteiger partial charge in [-0.1, -0.05) is 61.7 Å². The Labute approximate surface area is 234 Å². The van der Waals surface area contributed by atoms with Crippen LogP contribution >= 0.6 is 11.3 Å². The van der Waals surface area contributed by atoms with Gasteiger partial charge in [0.15, 0.2) is 11.0 Å². The van der Waals surface area contributed by atoms with E-state index >= 15 is 0 Å². The molecule has 4 aromatic heterocycles. The first-order valence-electron chi connectivity index (χ1n) is 12.6. The molecule has 6 rings (SSSR count). The van der Waals surface area contributed by atoms with Crippen LogP contribution in [0.4, 0.5) is 10.1 Å². The molecule has 0 fully saturated rings. The molecule has 3 N–H and O–H groups in total. The lowest BCUT2D eigenvalue weighted by atomic mass is 10.1. The van der Waals surface area contributed by atoms with E-state index < -0.39 is 0 Å². The highest BCUT2D eigenvalue weighted by Crippen LogP contribution is 2.33. The number of hydrogen-bond acceptors (Lipinski definition) is 5. The summed E-state index contributed by atoms with van der Waals surface area (Å²) in [5, 5.41) is 12.5. The first-order chi connectivity index (χ1) is 19.5. The van der Waals surface area contributed by atoms with Gasteiger partial charge in [-0.2, -0.15) is 9.49 Å². The smallest absolute Gasteiger partial charge is 0.176 e. The van der Waals surface area contributed by atoms with E-state index in [-0.39, 0.29) is 5.13 Å². The number of aromatic amines is 2. The Hall–Kier alpha value is -5.08. The Morgan fingerprint density at radius 3 is 2.62 bits per heavy atom. The minimum Gasteiger partial charge on any atom is -0.354 e. The lowest BCUT2D eigenvalue weighted by Gasteiger charge is -2.11. The number of fused-ring (bicyclic) bond motifs is 1. The van der Waals surface area contributed by atoms with Gasteiger partial charge in [-0.25, -0.2) is 4.98 Å². The van der Waals surface area contributed by atoms with Crippen LogP contribution in [-0.2, 0) is 0 Å². The van der Waals surface area contributed by atoms with Crippen LogP contribution in [0.15, 0.2) is 92.3 Å². The Kier molecular flexibility index (Phi) is 6.67. The number of para-hydroxylation sites is 1. The van der Waals surface area contributed by atoms with Crippen LogP contribution in [-0.4, -0.2) is 25.1 Å². The van der Waals surface area contributed by atoms with Gasteiger partial charge in [0.25, 0.3) is 0 Å². The summed E-state index contributed by atoms with van der Waals surface area (Å²) in [7, 11) is 0. The van der Waals surface area contributed by atoms with E-state index in [9.17, 15) is 4.39 Å². The van der Waals surface area contributed by atoms with Crippen molar-refractivity contribution in [3.8, 4) is 22.0 Å². The van der Waals surface area contributed by atoms with Gasteiger partial charge >= 0.3 is 0 Å². The summed E-state index contributed by atoms with van der Waals surface area (Å²) >= 11 is 1.10. The van der Waals surface area contributed by atoms with Crippen LogP contribution in [0.3, 0.4) is 0 Å². The number of aromatic nitrogens is 5. The molecular formula is C32H25FN6S. The van der Waals surface area contributed by atoms with Gasteiger partial charge in [0.1, 0.15) is 5.69 Å². The van der Waals surface area contributed by atoms with Crippen LogP contribution in [0.1, 0.15) is 18.1 Å². The highest BCUT2D eigenvalue weighted by atomic mass is 32.1. The maximum atomic E-state index is 13.8. The third-order valence-corrected chi connectivity index (χ3v) is 7.45. The Morgan fingerprint density at radius 2 is 1.85 bits per heavy atom. The third kappa shape index (κ3) is 4.88. The zero-order chi connectivity index (χ0) is 27.6. The highest BCUT2D eigenvalue weighted by Gasteiger charge is 2.15. The molecule has 196 valence electrons. The Balaban J connectivity index is 1.36. The molecule has 8 heteroatoms. The largest absolute Gasteiger partial charge is 0.354 e. The van der Waals surface area contributed by atoms with E-state index in [1.165, 1.54) is 6.07 Å². The summed E-state index contributed by atoms with van der Waals surface area (Å²) in [6, 6.07) is 21.0. The number of pyridine rings is 1. The molecule has 0 atom stereocenters. The molecule has 0 aliphatic heterocycles. The number of anilines is 1. The lowest BCUT2D eigenvalue weighted by molar-refractivity contribution is 0.657. The van der Waals surface area contributed by atoms with Gasteiger partial charge in [0, 0.05) is 33.1 Å². The molecule has 4 heterocycles. The number of imidazole rings is 1. The molecule has 6 aromatic rings. The number of rotatable bonds is 7. The molecule has 2 aromatic carbocycles. The summed E-state index contributed by atoms with van der Waals surface area (Å²) in [6.07, 6.45) is 7.46. The second kappa shape index (κ2) is 10.6. The Morgan fingerprint density at radius 1 is 1.00 bits per heavy atom. The molecule has 0 saturated carbocycles. The summed E-state index contributed by atoms with van der Waals surface area (Å²) < 4.78 is 13.8. The Bertz CT molecular complexity index is 2000. The molecule has 0 radical (unpaired) electrons. The monoisotopic (exact) mass is 544 g/mol. The number of benzene rings is 2.